The molecule has 4 rings (SSSR count). The number of aryl methyl sites for hydroxylation is 1. The SMILES string of the molecule is C/C1=N/N=C(\C)CCCCCCCC1.C=C=C(CNC(=O)c1ccn(C(C)(C)C)c1)NC1=NC(c2cccc(C)n2)=CC1.[HH].[HH]. The van der Waals surface area contributed by atoms with E-state index < -0.39 is 0 Å². The van der Waals surface area contributed by atoms with Crippen LogP contribution in [0.25, 0.3) is 5.70 Å². The van der Waals surface area contributed by atoms with Crippen molar-refractivity contribution in [2.24, 2.45) is 15.2 Å². The molecule has 0 bridgehead atoms. The lowest BCUT2D eigenvalue weighted by Crippen LogP contribution is -2.32. The maximum atomic E-state index is 12.4. The number of nitrogens with one attached hydrogen (secondary N) is 2. The molecule has 0 aromatic carbocycles. The molecule has 0 radical (unpaired) electrons. The second kappa shape index (κ2) is 16.6. The van der Waals surface area contributed by atoms with Crippen LogP contribution in [0.5, 0.6) is 0 Å². The predicted molar refractivity (Wildman–Crippen MR) is 184 cm³/mol. The summed E-state index contributed by atoms with van der Waals surface area (Å²) in [5, 5.41) is 14.6. The smallest absolute Gasteiger partial charge is 0.253 e. The predicted octanol–water partition coefficient (Wildman–Crippen LogP) is 8.23. The number of aromatic nitrogens is 2. The third-order valence-electron chi connectivity index (χ3n) is 7.28. The monoisotopic (exact) mass is 587 g/mol. The normalized spacial score (nSPS) is 18.5. The van der Waals surface area contributed by atoms with Crippen LogP contribution in [0.3, 0.4) is 0 Å². The first-order valence-electron chi connectivity index (χ1n) is 15.5. The summed E-state index contributed by atoms with van der Waals surface area (Å²) >= 11 is 0. The van der Waals surface area contributed by atoms with Crippen LogP contribution in [0.15, 0.2) is 75.9 Å². The summed E-state index contributed by atoms with van der Waals surface area (Å²) in [6, 6.07) is 7.69. The van der Waals surface area contributed by atoms with Crippen molar-refractivity contribution in [2.75, 3.05) is 6.54 Å². The van der Waals surface area contributed by atoms with Crippen LogP contribution in [-0.2, 0) is 5.54 Å². The molecule has 8 heteroatoms. The molecule has 2 aromatic heterocycles. The second-order valence-electron chi connectivity index (χ2n) is 12.2. The first-order valence-corrected chi connectivity index (χ1v) is 15.5. The molecule has 0 spiro atoms. The van der Waals surface area contributed by atoms with Gasteiger partial charge >= 0.3 is 0 Å². The Balaban J connectivity index is 0.000000538. The molecular formula is C35H53N7O. The maximum absolute atomic E-state index is 12.4. The Morgan fingerprint density at radius 3 is 2.23 bits per heavy atom. The van der Waals surface area contributed by atoms with Crippen molar-refractivity contribution in [1.29, 1.82) is 0 Å². The molecule has 234 valence electrons. The molecule has 2 aliphatic rings. The third kappa shape index (κ3) is 11.6. The van der Waals surface area contributed by atoms with Gasteiger partial charge in [0.15, 0.2) is 0 Å². The average Bonchev–Trinajstić information content (AvgIpc) is 3.66. The van der Waals surface area contributed by atoms with Gasteiger partial charge in [0.2, 0.25) is 0 Å². The maximum Gasteiger partial charge on any atom is 0.253 e. The first kappa shape index (κ1) is 33.5. The van der Waals surface area contributed by atoms with Gasteiger partial charge < -0.3 is 15.2 Å². The Labute approximate surface area is 260 Å². The standard InChI is InChI=1S/C23H27N5O.C12H22N2.2H2/c1-6-18(14-24-22(29)17-12-13-28(15-17)23(3,4)5)26-21-11-10-20(27-21)19-9-7-8-16(2)25-19;1-11-9-7-5-3-4-6-8-10-12(2)14-13-11;;/h7-10,12-13,15H,1,11,14H2,2-5H3,(H,24,29)(H,26,27);3-10H2,1-2H3;2*1H/b;13-11-,14-12+;;. The number of hydrogen-bond acceptors (Lipinski definition) is 6. The summed E-state index contributed by atoms with van der Waals surface area (Å²) in [4.78, 5) is 21.6. The lowest BCUT2D eigenvalue weighted by molar-refractivity contribution is 0.0956. The molecule has 1 amide bonds. The molecule has 8 nitrogen and oxygen atoms in total. The molecule has 0 unspecified atom stereocenters. The zero-order valence-corrected chi connectivity index (χ0v) is 27.0. The number of carbonyl (C=O) groups excluding carboxylic acids is 1. The fourth-order valence-corrected chi connectivity index (χ4v) is 4.64. The van der Waals surface area contributed by atoms with Gasteiger partial charge in [0.05, 0.1) is 29.2 Å². The highest BCUT2D eigenvalue weighted by atomic mass is 16.1. The molecule has 0 fully saturated rings. The van der Waals surface area contributed by atoms with Gasteiger partial charge in [-0.3, -0.25) is 9.78 Å². The number of aliphatic imine (C=N–C) groups is 1. The number of rotatable bonds is 5. The van der Waals surface area contributed by atoms with Crippen LogP contribution in [0.2, 0.25) is 0 Å². The number of pyridine rings is 1. The molecule has 2 aromatic rings. The van der Waals surface area contributed by atoms with Crippen molar-refractivity contribution in [3.05, 3.63) is 77.7 Å². The summed E-state index contributed by atoms with van der Waals surface area (Å²) in [5.74, 6) is 0.640. The molecule has 2 N–H and O–H groups in total. The van der Waals surface area contributed by atoms with Crippen LogP contribution >= 0.6 is 0 Å². The van der Waals surface area contributed by atoms with Gasteiger partial charge in [-0.15, -0.1) is 5.73 Å². The number of carbonyl (C=O) groups is 1. The molecule has 0 saturated carbocycles. The van der Waals surface area contributed by atoms with E-state index in [0.29, 0.717) is 24.2 Å². The Morgan fingerprint density at radius 2 is 1.65 bits per heavy atom. The highest BCUT2D eigenvalue weighted by molar-refractivity contribution is 5.96. The van der Waals surface area contributed by atoms with Crippen molar-refractivity contribution in [2.45, 2.75) is 105 Å². The summed E-state index contributed by atoms with van der Waals surface area (Å²) in [7, 11) is 0. The summed E-state index contributed by atoms with van der Waals surface area (Å²) in [5.41, 5.74) is 9.08. The number of hydrogen-bond donors (Lipinski definition) is 2. The zero-order valence-electron chi connectivity index (χ0n) is 27.0. The third-order valence-corrected chi connectivity index (χ3v) is 7.28. The van der Waals surface area contributed by atoms with Crippen molar-refractivity contribution in [1.82, 2.24) is 20.2 Å². The van der Waals surface area contributed by atoms with E-state index in [1.54, 1.807) is 0 Å². The summed E-state index contributed by atoms with van der Waals surface area (Å²) < 4.78 is 2.02. The van der Waals surface area contributed by atoms with E-state index in [-0.39, 0.29) is 14.3 Å². The molecule has 0 atom stereocenters. The number of amides is 1. The Bertz CT molecular complexity index is 1400. The van der Waals surface area contributed by atoms with Gasteiger partial charge in [-0.1, -0.05) is 38.3 Å². The van der Waals surface area contributed by atoms with Gasteiger partial charge in [0.25, 0.3) is 5.91 Å². The van der Waals surface area contributed by atoms with E-state index in [2.05, 4.69) is 77.7 Å². The van der Waals surface area contributed by atoms with Crippen molar-refractivity contribution in [3.8, 4) is 0 Å². The Hall–Kier alpha value is -4.03. The molecule has 0 saturated heterocycles. The van der Waals surface area contributed by atoms with Gasteiger partial charge in [0.1, 0.15) is 5.84 Å². The van der Waals surface area contributed by atoms with Crippen LogP contribution in [0, 0.1) is 6.92 Å². The summed E-state index contributed by atoms with van der Waals surface area (Å²) in [6.45, 7) is 16.4. The van der Waals surface area contributed by atoms with Gasteiger partial charge in [-0.05, 0) is 91.5 Å². The molecule has 4 heterocycles. The van der Waals surface area contributed by atoms with E-state index in [1.165, 1.54) is 49.9 Å². The van der Waals surface area contributed by atoms with Crippen molar-refractivity contribution in [3.63, 3.8) is 0 Å². The lowest BCUT2D eigenvalue weighted by Gasteiger charge is -2.20. The Morgan fingerprint density at radius 1 is 1.00 bits per heavy atom. The topological polar surface area (TPSA) is 96.0 Å². The van der Waals surface area contributed by atoms with Crippen molar-refractivity contribution < 1.29 is 7.65 Å². The zero-order chi connectivity index (χ0) is 31.2. The fourth-order valence-electron chi connectivity index (χ4n) is 4.64. The second-order valence-corrected chi connectivity index (χ2v) is 12.2. The van der Waals surface area contributed by atoms with Crippen LogP contribution in [0.4, 0.5) is 0 Å². The van der Waals surface area contributed by atoms with Crippen molar-refractivity contribution >= 4 is 28.9 Å². The van der Waals surface area contributed by atoms with E-state index in [9.17, 15) is 4.79 Å². The molecule has 0 aliphatic carbocycles. The molecule has 2 aliphatic heterocycles. The van der Waals surface area contributed by atoms with Crippen LogP contribution in [0.1, 0.15) is 117 Å². The molecular weight excluding hydrogens is 534 g/mol. The van der Waals surface area contributed by atoms with Gasteiger partial charge in [0, 0.05) is 44.3 Å². The Kier molecular flexibility index (Phi) is 12.9. The van der Waals surface area contributed by atoms with Crippen LogP contribution in [-0.4, -0.2) is 39.3 Å². The minimum atomic E-state index is -0.140. The van der Waals surface area contributed by atoms with E-state index in [1.807, 2.05) is 54.2 Å². The van der Waals surface area contributed by atoms with E-state index in [4.69, 9.17) is 0 Å². The largest absolute Gasteiger partial charge is 0.348 e. The van der Waals surface area contributed by atoms with Gasteiger partial charge in [-0.2, -0.15) is 10.2 Å². The average molecular weight is 588 g/mol. The van der Waals surface area contributed by atoms with E-state index >= 15 is 0 Å². The quantitative estimate of drug-likeness (QED) is 0.345. The number of amidine groups is 1. The number of nitrogens with zero attached hydrogens (tertiary/aromatic N) is 5. The highest BCUT2D eigenvalue weighted by Crippen LogP contribution is 2.20. The first-order chi connectivity index (χ1) is 20.5. The highest BCUT2D eigenvalue weighted by Gasteiger charge is 2.16. The fraction of sp³-hybridized carbons (Fsp3) is 0.486. The van der Waals surface area contributed by atoms with E-state index in [0.717, 1.165) is 35.8 Å². The minimum absolute atomic E-state index is 0. The summed E-state index contributed by atoms with van der Waals surface area (Å²) in [6.07, 6.45) is 16.8. The lowest BCUT2D eigenvalue weighted by atomic mass is 10.1. The minimum Gasteiger partial charge on any atom is -0.348 e. The molecule has 43 heavy (non-hydrogen) atoms. The van der Waals surface area contributed by atoms with Crippen LogP contribution < -0.4 is 10.6 Å². The van der Waals surface area contributed by atoms with Gasteiger partial charge in [-0.25, -0.2) is 4.99 Å².